The van der Waals surface area contributed by atoms with Crippen molar-refractivity contribution in [1.29, 1.82) is 0 Å². The number of rotatable bonds is 4. The summed E-state index contributed by atoms with van der Waals surface area (Å²) < 4.78 is 0. The maximum absolute atomic E-state index is 12.3. The summed E-state index contributed by atoms with van der Waals surface area (Å²) in [4.78, 5) is 29.7. The van der Waals surface area contributed by atoms with Crippen LogP contribution in [-0.2, 0) is 11.2 Å². The van der Waals surface area contributed by atoms with Crippen LogP contribution in [-0.4, -0.2) is 40.8 Å². The van der Waals surface area contributed by atoms with Gasteiger partial charge in [-0.25, -0.2) is 4.98 Å². The smallest absolute Gasteiger partial charge is 0.254 e. The Labute approximate surface area is 130 Å². The highest BCUT2D eigenvalue weighted by molar-refractivity contribution is 6.29. The highest BCUT2D eigenvalue weighted by atomic mass is 35.5. The molecule has 1 aromatic heterocycles. The number of aryl methyl sites for hydroxylation is 1. The minimum Gasteiger partial charge on any atom is -0.350 e. The summed E-state index contributed by atoms with van der Waals surface area (Å²) >= 11 is 5.91. The van der Waals surface area contributed by atoms with E-state index in [-0.39, 0.29) is 29.1 Å². The molecular weight excluding hydrogens is 290 g/mol. The van der Waals surface area contributed by atoms with Gasteiger partial charge in [-0.2, -0.15) is 0 Å². The molecule has 5 nitrogen and oxygen atoms in total. The van der Waals surface area contributed by atoms with Gasteiger partial charge in [0.05, 0.1) is 6.54 Å². The molecule has 0 aliphatic carbocycles. The van der Waals surface area contributed by atoms with Crippen molar-refractivity contribution < 1.29 is 9.59 Å². The van der Waals surface area contributed by atoms with Crippen molar-refractivity contribution in [2.75, 3.05) is 13.6 Å². The van der Waals surface area contributed by atoms with Crippen LogP contribution in [0.3, 0.4) is 0 Å². The molecule has 0 spiro atoms. The lowest BCUT2D eigenvalue weighted by molar-refractivity contribution is -0.122. The number of carbonyl (C=O) groups excluding carboxylic acids is 2. The molecule has 116 valence electrons. The number of nitrogens with one attached hydrogen (secondary N) is 1. The van der Waals surface area contributed by atoms with E-state index in [1.165, 1.54) is 11.0 Å². The second-order valence-corrected chi connectivity index (χ2v) is 6.37. The van der Waals surface area contributed by atoms with Crippen molar-refractivity contribution >= 4 is 23.4 Å². The SMILES string of the molecule is CCc1cc(C(=O)N(C)CC(=O)NC(C)(C)C)cc(Cl)n1. The van der Waals surface area contributed by atoms with Crippen LogP contribution in [0.2, 0.25) is 5.15 Å². The zero-order valence-electron chi connectivity index (χ0n) is 13.2. The van der Waals surface area contributed by atoms with Gasteiger partial charge < -0.3 is 10.2 Å². The van der Waals surface area contributed by atoms with E-state index >= 15 is 0 Å². The minimum atomic E-state index is -0.323. The molecule has 0 unspecified atom stereocenters. The van der Waals surface area contributed by atoms with E-state index in [9.17, 15) is 9.59 Å². The molecule has 1 heterocycles. The number of hydrogen-bond donors (Lipinski definition) is 1. The molecule has 0 bridgehead atoms. The van der Waals surface area contributed by atoms with Crippen LogP contribution in [0.1, 0.15) is 43.7 Å². The highest BCUT2D eigenvalue weighted by Crippen LogP contribution is 2.13. The van der Waals surface area contributed by atoms with Crippen LogP contribution in [0.4, 0.5) is 0 Å². The van der Waals surface area contributed by atoms with E-state index in [2.05, 4.69) is 10.3 Å². The van der Waals surface area contributed by atoms with E-state index < -0.39 is 0 Å². The Kier molecular flexibility index (Phi) is 5.72. The topological polar surface area (TPSA) is 62.3 Å². The molecule has 21 heavy (non-hydrogen) atoms. The third-order valence-corrected chi connectivity index (χ3v) is 2.89. The predicted molar refractivity (Wildman–Crippen MR) is 83.5 cm³/mol. The summed E-state index contributed by atoms with van der Waals surface area (Å²) in [6.45, 7) is 7.61. The Bertz CT molecular complexity index is 538. The Hall–Kier alpha value is -1.62. The lowest BCUT2D eigenvalue weighted by Gasteiger charge is -2.23. The summed E-state index contributed by atoms with van der Waals surface area (Å²) in [7, 11) is 1.59. The standard InChI is InChI=1S/C15H22ClN3O2/c1-6-11-7-10(8-12(16)17-11)14(21)19(5)9-13(20)18-15(2,3)4/h7-8H,6,9H2,1-5H3,(H,18,20). The molecular formula is C15H22ClN3O2. The fraction of sp³-hybridized carbons (Fsp3) is 0.533. The summed E-state index contributed by atoms with van der Waals surface area (Å²) in [5.41, 5.74) is 0.868. The lowest BCUT2D eigenvalue weighted by Crippen LogP contribution is -2.46. The van der Waals surface area contributed by atoms with Crippen LogP contribution in [0.15, 0.2) is 12.1 Å². The summed E-state index contributed by atoms with van der Waals surface area (Å²) in [6, 6.07) is 3.22. The van der Waals surface area contributed by atoms with Crippen LogP contribution >= 0.6 is 11.6 Å². The Morgan fingerprint density at radius 3 is 2.48 bits per heavy atom. The number of hydrogen-bond acceptors (Lipinski definition) is 3. The Morgan fingerprint density at radius 2 is 1.95 bits per heavy atom. The molecule has 1 aromatic rings. The zero-order chi connectivity index (χ0) is 16.2. The molecule has 0 fully saturated rings. The average molecular weight is 312 g/mol. The van der Waals surface area contributed by atoms with Crippen molar-refractivity contribution in [2.45, 2.75) is 39.7 Å². The number of halogens is 1. The summed E-state index contributed by atoms with van der Waals surface area (Å²) in [6.07, 6.45) is 0.690. The predicted octanol–water partition coefficient (Wildman–Crippen LogP) is 2.28. The highest BCUT2D eigenvalue weighted by Gasteiger charge is 2.19. The van der Waals surface area contributed by atoms with Crippen LogP contribution < -0.4 is 5.32 Å². The second-order valence-electron chi connectivity index (χ2n) is 5.98. The van der Waals surface area contributed by atoms with Crippen molar-refractivity contribution in [1.82, 2.24) is 15.2 Å². The number of aromatic nitrogens is 1. The minimum absolute atomic E-state index is 0.00248. The molecule has 6 heteroatoms. The molecule has 0 atom stereocenters. The summed E-state index contributed by atoms with van der Waals surface area (Å²) in [5.74, 6) is -0.452. The van der Waals surface area contributed by atoms with Gasteiger partial charge in [0.15, 0.2) is 0 Å². The molecule has 0 aromatic carbocycles. The number of likely N-dealkylation sites (N-methyl/N-ethyl adjacent to an activating group) is 1. The van der Waals surface area contributed by atoms with E-state index in [0.717, 1.165) is 5.69 Å². The molecule has 1 N–H and O–H groups in total. The van der Waals surface area contributed by atoms with Gasteiger partial charge in [0.2, 0.25) is 5.91 Å². The molecule has 2 amide bonds. The first-order valence-corrected chi connectivity index (χ1v) is 7.23. The molecule has 0 radical (unpaired) electrons. The van der Waals surface area contributed by atoms with Gasteiger partial charge in [-0.15, -0.1) is 0 Å². The molecule has 0 saturated carbocycles. The molecule has 0 aliphatic rings. The molecule has 1 rings (SSSR count). The van der Waals surface area contributed by atoms with Gasteiger partial charge in [0.1, 0.15) is 5.15 Å². The van der Waals surface area contributed by atoms with Gasteiger partial charge in [-0.05, 0) is 39.3 Å². The first kappa shape index (κ1) is 17.4. The van der Waals surface area contributed by atoms with Gasteiger partial charge in [0, 0.05) is 23.8 Å². The number of carbonyl (C=O) groups is 2. The monoisotopic (exact) mass is 311 g/mol. The van der Waals surface area contributed by atoms with Crippen LogP contribution in [0.25, 0.3) is 0 Å². The maximum atomic E-state index is 12.3. The van der Waals surface area contributed by atoms with Gasteiger partial charge in [-0.1, -0.05) is 18.5 Å². The third-order valence-electron chi connectivity index (χ3n) is 2.70. The van der Waals surface area contributed by atoms with E-state index in [4.69, 9.17) is 11.6 Å². The Balaban J connectivity index is 2.79. The Morgan fingerprint density at radius 1 is 1.33 bits per heavy atom. The average Bonchev–Trinajstić information content (AvgIpc) is 2.34. The second kappa shape index (κ2) is 6.89. The van der Waals surface area contributed by atoms with E-state index in [1.54, 1.807) is 13.1 Å². The lowest BCUT2D eigenvalue weighted by atomic mass is 10.1. The van der Waals surface area contributed by atoms with E-state index in [0.29, 0.717) is 12.0 Å². The molecule has 0 saturated heterocycles. The number of nitrogens with zero attached hydrogens (tertiary/aromatic N) is 2. The number of pyridine rings is 1. The largest absolute Gasteiger partial charge is 0.350 e. The first-order chi connectivity index (χ1) is 9.62. The van der Waals surface area contributed by atoms with Crippen molar-refractivity contribution in [3.8, 4) is 0 Å². The van der Waals surface area contributed by atoms with Crippen molar-refractivity contribution in [3.63, 3.8) is 0 Å². The maximum Gasteiger partial charge on any atom is 0.254 e. The van der Waals surface area contributed by atoms with Gasteiger partial charge >= 0.3 is 0 Å². The zero-order valence-corrected chi connectivity index (χ0v) is 13.9. The third kappa shape index (κ3) is 5.71. The van der Waals surface area contributed by atoms with Crippen molar-refractivity contribution in [3.05, 3.63) is 28.5 Å². The van der Waals surface area contributed by atoms with Gasteiger partial charge in [0.25, 0.3) is 5.91 Å². The van der Waals surface area contributed by atoms with Crippen LogP contribution in [0.5, 0.6) is 0 Å². The van der Waals surface area contributed by atoms with Crippen molar-refractivity contribution in [2.24, 2.45) is 0 Å². The van der Waals surface area contributed by atoms with Crippen LogP contribution in [0, 0.1) is 0 Å². The fourth-order valence-electron chi connectivity index (χ4n) is 1.82. The quantitative estimate of drug-likeness (QED) is 0.868. The summed E-state index contributed by atoms with van der Waals surface area (Å²) in [5, 5.41) is 3.10. The number of amides is 2. The van der Waals surface area contributed by atoms with Gasteiger partial charge in [-0.3, -0.25) is 9.59 Å². The van der Waals surface area contributed by atoms with E-state index in [1.807, 2.05) is 27.7 Å². The molecule has 0 aliphatic heterocycles. The normalized spacial score (nSPS) is 11.1. The fourth-order valence-corrected chi connectivity index (χ4v) is 2.05. The first-order valence-electron chi connectivity index (χ1n) is 6.85.